The fourth-order valence-electron chi connectivity index (χ4n) is 2.72. The molecule has 0 unspecified atom stereocenters. The Morgan fingerprint density at radius 3 is 2.50 bits per heavy atom. The monoisotopic (exact) mass is 303 g/mol. The zero-order valence-electron chi connectivity index (χ0n) is 12.8. The average Bonchev–Trinajstić information content (AvgIpc) is 2.90. The van der Waals surface area contributed by atoms with Gasteiger partial charge in [0, 0.05) is 0 Å². The van der Waals surface area contributed by atoms with Crippen LogP contribution >= 0.6 is 0 Å². The van der Waals surface area contributed by atoms with Crippen LogP contribution in [0.3, 0.4) is 0 Å². The number of piperazine rings is 1. The van der Waals surface area contributed by atoms with E-state index in [1.165, 1.54) is 17.0 Å². The molecule has 0 atom stereocenters. The molecule has 5 nitrogen and oxygen atoms in total. The van der Waals surface area contributed by atoms with Crippen LogP contribution in [0.4, 0.5) is 4.39 Å². The Kier molecular flexibility index (Phi) is 3.94. The number of hydrogen-bond acceptors (Lipinski definition) is 2. The molecule has 2 aromatic rings. The lowest BCUT2D eigenvalue weighted by atomic mass is 10.2. The summed E-state index contributed by atoms with van der Waals surface area (Å²) in [5.41, 5.74) is 2.15. The van der Waals surface area contributed by atoms with E-state index in [4.69, 9.17) is 0 Å². The Morgan fingerprint density at radius 2 is 1.86 bits per heavy atom. The number of carbonyl (C=O) groups is 1. The molecule has 0 aliphatic carbocycles. The number of quaternary nitrogens is 1. The van der Waals surface area contributed by atoms with E-state index < -0.39 is 0 Å². The van der Waals surface area contributed by atoms with Crippen molar-refractivity contribution in [2.45, 2.75) is 6.92 Å². The molecule has 116 valence electrons. The second-order valence-electron chi connectivity index (χ2n) is 5.78. The summed E-state index contributed by atoms with van der Waals surface area (Å²) in [6, 6.07) is 6.09. The number of rotatable bonds is 2. The lowest BCUT2D eigenvalue weighted by Gasteiger charge is -2.30. The molecular weight excluding hydrogens is 283 g/mol. The van der Waals surface area contributed by atoms with Crippen molar-refractivity contribution < 1.29 is 14.1 Å². The number of hydrogen-bond donors (Lipinski definition) is 1. The number of benzene rings is 1. The van der Waals surface area contributed by atoms with Gasteiger partial charge in [0.15, 0.2) is 0 Å². The summed E-state index contributed by atoms with van der Waals surface area (Å²) >= 11 is 0. The average molecular weight is 303 g/mol. The Bertz CT molecular complexity index is 672. The molecular formula is C16H20FN4O+. The van der Waals surface area contributed by atoms with Gasteiger partial charge in [0.1, 0.15) is 5.82 Å². The summed E-state index contributed by atoms with van der Waals surface area (Å²) in [7, 11) is 2.14. The maximum absolute atomic E-state index is 13.0. The van der Waals surface area contributed by atoms with Crippen molar-refractivity contribution in [3.8, 4) is 5.69 Å². The van der Waals surface area contributed by atoms with E-state index in [0.29, 0.717) is 5.56 Å². The lowest BCUT2D eigenvalue weighted by Crippen LogP contribution is -3.12. The molecule has 0 bridgehead atoms. The van der Waals surface area contributed by atoms with E-state index in [1.807, 2.05) is 11.8 Å². The first kappa shape index (κ1) is 14.7. The van der Waals surface area contributed by atoms with Crippen molar-refractivity contribution in [2.24, 2.45) is 0 Å². The number of carbonyl (C=O) groups excluding carboxylic acids is 1. The minimum absolute atomic E-state index is 0.0263. The van der Waals surface area contributed by atoms with E-state index in [0.717, 1.165) is 37.6 Å². The van der Waals surface area contributed by atoms with Crippen LogP contribution in [-0.2, 0) is 0 Å². The van der Waals surface area contributed by atoms with E-state index in [-0.39, 0.29) is 11.7 Å². The molecule has 6 heteroatoms. The highest BCUT2D eigenvalue weighted by atomic mass is 19.1. The fourth-order valence-corrected chi connectivity index (χ4v) is 2.72. The molecule has 1 aliphatic heterocycles. The van der Waals surface area contributed by atoms with Crippen molar-refractivity contribution in [2.75, 3.05) is 33.2 Å². The summed E-state index contributed by atoms with van der Waals surface area (Å²) < 4.78 is 14.7. The van der Waals surface area contributed by atoms with E-state index >= 15 is 0 Å². The fraction of sp³-hybridized carbons (Fsp3) is 0.375. The van der Waals surface area contributed by atoms with Crippen molar-refractivity contribution in [3.63, 3.8) is 0 Å². The highest BCUT2D eigenvalue weighted by Crippen LogP contribution is 2.16. The molecule has 1 aromatic carbocycles. The third kappa shape index (κ3) is 2.74. The normalized spacial score (nSPS) is 16.0. The van der Waals surface area contributed by atoms with Crippen LogP contribution in [-0.4, -0.2) is 53.8 Å². The molecule has 3 rings (SSSR count). The van der Waals surface area contributed by atoms with Crippen LogP contribution in [0.25, 0.3) is 5.69 Å². The molecule has 0 spiro atoms. The molecule has 2 heterocycles. The van der Waals surface area contributed by atoms with E-state index in [9.17, 15) is 9.18 Å². The van der Waals surface area contributed by atoms with Crippen LogP contribution in [0.1, 0.15) is 16.1 Å². The molecule has 1 amide bonds. The Labute approximate surface area is 128 Å². The smallest absolute Gasteiger partial charge is 0.257 e. The van der Waals surface area contributed by atoms with Crippen LogP contribution < -0.4 is 4.90 Å². The standard InChI is InChI=1S/C16H19FN4O/c1-12-15(16(22)20-9-7-19(2)8-10-20)11-18-21(12)14-5-3-13(17)4-6-14/h3-6,11H,7-10H2,1-2H3/p+1. The molecule has 1 saturated heterocycles. The van der Waals surface area contributed by atoms with Gasteiger partial charge in [-0.15, -0.1) is 0 Å². The highest BCUT2D eigenvalue weighted by Gasteiger charge is 2.25. The number of nitrogens with zero attached hydrogens (tertiary/aromatic N) is 3. The molecule has 1 N–H and O–H groups in total. The van der Waals surface area contributed by atoms with Gasteiger partial charge < -0.3 is 9.80 Å². The lowest BCUT2D eigenvalue weighted by molar-refractivity contribution is -0.883. The maximum atomic E-state index is 13.0. The second-order valence-corrected chi connectivity index (χ2v) is 5.78. The minimum atomic E-state index is -0.287. The predicted molar refractivity (Wildman–Crippen MR) is 80.8 cm³/mol. The van der Waals surface area contributed by atoms with Crippen molar-refractivity contribution in [3.05, 3.63) is 47.5 Å². The number of likely N-dealkylation sites (N-methyl/N-ethyl adjacent to an activating group) is 1. The summed E-state index contributed by atoms with van der Waals surface area (Å²) in [6.07, 6.45) is 1.60. The minimum Gasteiger partial charge on any atom is -0.334 e. The van der Waals surface area contributed by atoms with Gasteiger partial charge in [-0.1, -0.05) is 0 Å². The first-order valence-electron chi connectivity index (χ1n) is 7.47. The highest BCUT2D eigenvalue weighted by molar-refractivity contribution is 5.95. The van der Waals surface area contributed by atoms with Crippen LogP contribution in [0.15, 0.2) is 30.5 Å². The number of halogens is 1. The third-order valence-electron chi connectivity index (χ3n) is 4.22. The molecule has 0 saturated carbocycles. The largest absolute Gasteiger partial charge is 0.334 e. The molecule has 1 aliphatic rings. The van der Waals surface area contributed by atoms with Crippen LogP contribution in [0.5, 0.6) is 0 Å². The predicted octanol–water partition coefficient (Wildman–Crippen LogP) is 0.290. The van der Waals surface area contributed by atoms with Gasteiger partial charge in [0.05, 0.1) is 56.4 Å². The summed E-state index contributed by atoms with van der Waals surface area (Å²) in [5, 5.41) is 4.29. The van der Waals surface area contributed by atoms with Gasteiger partial charge in [-0.2, -0.15) is 5.10 Å². The first-order chi connectivity index (χ1) is 10.6. The Balaban J connectivity index is 1.84. The summed E-state index contributed by atoms with van der Waals surface area (Å²) in [4.78, 5) is 16.0. The first-order valence-corrected chi connectivity index (χ1v) is 7.47. The van der Waals surface area contributed by atoms with Gasteiger partial charge in [-0.3, -0.25) is 4.79 Å². The topological polar surface area (TPSA) is 42.6 Å². The van der Waals surface area contributed by atoms with Gasteiger partial charge >= 0.3 is 0 Å². The molecule has 0 radical (unpaired) electrons. The van der Waals surface area contributed by atoms with Gasteiger partial charge in [-0.25, -0.2) is 9.07 Å². The van der Waals surface area contributed by atoms with Gasteiger partial charge in [-0.05, 0) is 31.2 Å². The SMILES string of the molecule is Cc1c(C(=O)N2CC[NH+](C)CC2)cnn1-c1ccc(F)cc1. The maximum Gasteiger partial charge on any atom is 0.257 e. The zero-order valence-corrected chi connectivity index (χ0v) is 12.8. The zero-order chi connectivity index (χ0) is 15.7. The van der Waals surface area contributed by atoms with Crippen LogP contribution in [0, 0.1) is 12.7 Å². The summed E-state index contributed by atoms with van der Waals surface area (Å²) in [5.74, 6) is -0.261. The van der Waals surface area contributed by atoms with E-state index in [2.05, 4.69) is 12.1 Å². The second kappa shape index (κ2) is 5.88. The quantitative estimate of drug-likeness (QED) is 0.866. The Morgan fingerprint density at radius 1 is 1.23 bits per heavy atom. The van der Waals surface area contributed by atoms with Gasteiger partial charge in [0.2, 0.25) is 0 Å². The number of amides is 1. The van der Waals surface area contributed by atoms with Crippen LogP contribution in [0.2, 0.25) is 0 Å². The molecule has 1 fully saturated rings. The van der Waals surface area contributed by atoms with Crippen molar-refractivity contribution in [1.29, 1.82) is 0 Å². The van der Waals surface area contributed by atoms with Gasteiger partial charge in [0.25, 0.3) is 5.91 Å². The number of nitrogens with one attached hydrogen (secondary N) is 1. The third-order valence-corrected chi connectivity index (χ3v) is 4.22. The molecule has 22 heavy (non-hydrogen) atoms. The number of aromatic nitrogens is 2. The Hall–Kier alpha value is -2.21. The van der Waals surface area contributed by atoms with E-state index in [1.54, 1.807) is 23.0 Å². The van der Waals surface area contributed by atoms with Crippen molar-refractivity contribution in [1.82, 2.24) is 14.7 Å². The van der Waals surface area contributed by atoms with Crippen molar-refractivity contribution >= 4 is 5.91 Å². The molecule has 1 aromatic heterocycles. The summed E-state index contributed by atoms with van der Waals surface area (Å²) in [6.45, 7) is 5.34.